The number of carbonyl (C=O) groups is 2. The molecular formula is C19H16N2O5. The highest BCUT2D eigenvalue weighted by atomic mass is 16.6. The van der Waals surface area contributed by atoms with Crippen LogP contribution in [0.2, 0.25) is 0 Å². The molecule has 0 aliphatic heterocycles. The Bertz CT molecular complexity index is 902. The van der Waals surface area contributed by atoms with E-state index >= 15 is 0 Å². The minimum atomic E-state index is -0.545. The molecular weight excluding hydrogens is 336 g/mol. The van der Waals surface area contributed by atoms with E-state index in [1.165, 1.54) is 12.1 Å². The minimum absolute atomic E-state index is 0.155. The first-order valence-electron chi connectivity index (χ1n) is 7.98. The van der Waals surface area contributed by atoms with Crippen molar-refractivity contribution >= 4 is 12.3 Å². The smallest absolute Gasteiger partial charge is 0.338 e. The Hall–Kier alpha value is -3.48. The molecule has 0 radical (unpaired) electrons. The van der Waals surface area contributed by atoms with Crippen molar-refractivity contribution in [2.24, 2.45) is 0 Å². The van der Waals surface area contributed by atoms with E-state index < -0.39 is 5.97 Å². The number of nitrogens with zero attached hydrogens (tertiary/aromatic N) is 2. The van der Waals surface area contributed by atoms with Crippen LogP contribution in [0.1, 0.15) is 33.5 Å². The molecule has 0 N–H and O–H groups in total. The molecule has 1 heterocycles. The summed E-state index contributed by atoms with van der Waals surface area (Å²) < 4.78 is 15.8. The number of hydrogen-bond donors (Lipinski definition) is 0. The molecule has 0 saturated carbocycles. The lowest BCUT2D eigenvalue weighted by molar-refractivity contribution is 0.0429. The highest BCUT2D eigenvalue weighted by Gasteiger charge is 2.15. The van der Waals surface area contributed by atoms with Gasteiger partial charge in [-0.15, -0.1) is 0 Å². The molecule has 0 amide bonds. The van der Waals surface area contributed by atoms with E-state index in [0.29, 0.717) is 41.2 Å². The summed E-state index contributed by atoms with van der Waals surface area (Å²) in [6, 6.07) is 13.5. The molecule has 0 fully saturated rings. The van der Waals surface area contributed by atoms with Gasteiger partial charge in [0.1, 0.15) is 12.0 Å². The number of para-hydroxylation sites is 1. The second kappa shape index (κ2) is 8.06. The van der Waals surface area contributed by atoms with Crippen LogP contribution in [0.4, 0.5) is 0 Å². The molecule has 0 bridgehead atoms. The van der Waals surface area contributed by atoms with Crippen molar-refractivity contribution in [1.82, 2.24) is 10.1 Å². The Morgan fingerprint density at radius 2 is 1.92 bits per heavy atom. The fraction of sp³-hybridized carbons (Fsp3) is 0.158. The van der Waals surface area contributed by atoms with Gasteiger partial charge >= 0.3 is 5.97 Å². The number of hydrogen-bond acceptors (Lipinski definition) is 7. The second-order valence-corrected chi connectivity index (χ2v) is 5.26. The molecule has 0 atom stereocenters. The Kier molecular flexibility index (Phi) is 5.38. The average Bonchev–Trinajstić information content (AvgIpc) is 3.16. The third-order valence-electron chi connectivity index (χ3n) is 3.51. The Balaban J connectivity index is 1.67. The molecule has 1 aromatic heterocycles. The number of benzene rings is 2. The van der Waals surface area contributed by atoms with Gasteiger partial charge in [-0.3, -0.25) is 4.79 Å². The lowest BCUT2D eigenvalue weighted by Gasteiger charge is -2.06. The van der Waals surface area contributed by atoms with Gasteiger partial charge in [-0.05, 0) is 31.2 Å². The molecule has 7 heteroatoms. The maximum absolute atomic E-state index is 12.0. The Morgan fingerprint density at radius 1 is 1.15 bits per heavy atom. The molecule has 0 unspecified atom stereocenters. The van der Waals surface area contributed by atoms with Gasteiger partial charge in [0, 0.05) is 5.56 Å². The average molecular weight is 352 g/mol. The van der Waals surface area contributed by atoms with E-state index in [2.05, 4.69) is 10.1 Å². The summed E-state index contributed by atoms with van der Waals surface area (Å²) in [4.78, 5) is 26.9. The number of aldehydes is 1. The van der Waals surface area contributed by atoms with E-state index in [-0.39, 0.29) is 12.5 Å². The first kappa shape index (κ1) is 17.3. The fourth-order valence-corrected chi connectivity index (χ4v) is 2.26. The van der Waals surface area contributed by atoms with Gasteiger partial charge in [0.15, 0.2) is 6.61 Å². The fourth-order valence-electron chi connectivity index (χ4n) is 2.26. The van der Waals surface area contributed by atoms with Crippen LogP contribution in [0.5, 0.6) is 5.75 Å². The van der Waals surface area contributed by atoms with Gasteiger partial charge < -0.3 is 14.0 Å². The quantitative estimate of drug-likeness (QED) is 0.476. The number of ether oxygens (including phenoxy) is 2. The summed E-state index contributed by atoms with van der Waals surface area (Å²) in [6.45, 7) is 2.25. The standard InChI is InChI=1S/C19H16N2O5/c1-2-24-16-6-4-3-5-15(16)18-20-17(26-21-18)12-25-19(23)14-9-7-13(11-22)8-10-14/h3-11H,2,12H2,1H3. The van der Waals surface area contributed by atoms with E-state index in [0.717, 1.165) is 0 Å². The lowest BCUT2D eigenvalue weighted by atomic mass is 10.1. The lowest BCUT2D eigenvalue weighted by Crippen LogP contribution is -2.05. The first-order chi connectivity index (χ1) is 12.7. The summed E-state index contributed by atoms with van der Waals surface area (Å²) in [6.07, 6.45) is 0.704. The van der Waals surface area contributed by atoms with Crippen LogP contribution in [0, 0.1) is 0 Å². The highest BCUT2D eigenvalue weighted by Crippen LogP contribution is 2.27. The van der Waals surface area contributed by atoms with Crippen LogP contribution in [0.3, 0.4) is 0 Å². The summed E-state index contributed by atoms with van der Waals surface area (Å²) in [5.74, 6) is 0.631. The van der Waals surface area contributed by atoms with E-state index in [9.17, 15) is 9.59 Å². The third kappa shape index (κ3) is 3.94. The van der Waals surface area contributed by atoms with Crippen LogP contribution in [0.15, 0.2) is 53.1 Å². The van der Waals surface area contributed by atoms with Crippen molar-refractivity contribution in [3.8, 4) is 17.1 Å². The number of carbonyl (C=O) groups excluding carboxylic acids is 2. The topological polar surface area (TPSA) is 91.5 Å². The van der Waals surface area contributed by atoms with Gasteiger partial charge in [0.2, 0.25) is 5.82 Å². The van der Waals surface area contributed by atoms with Crippen LogP contribution in [-0.4, -0.2) is 29.0 Å². The third-order valence-corrected chi connectivity index (χ3v) is 3.51. The molecule has 132 valence electrons. The zero-order chi connectivity index (χ0) is 18.4. The molecule has 7 nitrogen and oxygen atoms in total. The van der Waals surface area contributed by atoms with E-state index in [1.807, 2.05) is 31.2 Å². The normalized spacial score (nSPS) is 10.3. The van der Waals surface area contributed by atoms with Crippen LogP contribution >= 0.6 is 0 Å². The molecule has 0 aliphatic carbocycles. The maximum atomic E-state index is 12.0. The van der Waals surface area contributed by atoms with Crippen molar-refractivity contribution in [3.63, 3.8) is 0 Å². The zero-order valence-electron chi connectivity index (χ0n) is 14.0. The number of aromatic nitrogens is 2. The van der Waals surface area contributed by atoms with Crippen LogP contribution in [-0.2, 0) is 11.3 Å². The highest BCUT2D eigenvalue weighted by molar-refractivity contribution is 5.90. The van der Waals surface area contributed by atoms with Crippen LogP contribution in [0.25, 0.3) is 11.4 Å². The van der Waals surface area contributed by atoms with Gasteiger partial charge in [0.05, 0.1) is 17.7 Å². The molecule has 3 rings (SSSR count). The van der Waals surface area contributed by atoms with E-state index in [4.69, 9.17) is 14.0 Å². The molecule has 2 aromatic carbocycles. The minimum Gasteiger partial charge on any atom is -0.493 e. The molecule has 3 aromatic rings. The van der Waals surface area contributed by atoms with Crippen molar-refractivity contribution in [1.29, 1.82) is 0 Å². The summed E-state index contributed by atoms with van der Waals surface area (Å²) in [7, 11) is 0. The second-order valence-electron chi connectivity index (χ2n) is 5.26. The number of esters is 1. The molecule has 0 saturated heterocycles. The van der Waals surface area contributed by atoms with Crippen molar-refractivity contribution in [2.75, 3.05) is 6.61 Å². The van der Waals surface area contributed by atoms with Crippen molar-refractivity contribution in [3.05, 3.63) is 65.5 Å². The monoisotopic (exact) mass is 352 g/mol. The Morgan fingerprint density at radius 3 is 2.65 bits per heavy atom. The van der Waals surface area contributed by atoms with Gasteiger partial charge in [-0.25, -0.2) is 4.79 Å². The maximum Gasteiger partial charge on any atom is 0.338 e. The molecule has 26 heavy (non-hydrogen) atoms. The zero-order valence-corrected chi connectivity index (χ0v) is 14.0. The van der Waals surface area contributed by atoms with Gasteiger partial charge in [-0.2, -0.15) is 4.98 Å². The SMILES string of the molecule is CCOc1ccccc1-c1noc(COC(=O)c2ccc(C=O)cc2)n1. The number of rotatable bonds is 7. The Labute approximate surface area is 149 Å². The summed E-state index contributed by atoms with van der Waals surface area (Å²) in [5.41, 5.74) is 1.51. The van der Waals surface area contributed by atoms with Gasteiger partial charge in [0.25, 0.3) is 5.89 Å². The molecule has 0 spiro atoms. The largest absolute Gasteiger partial charge is 0.493 e. The molecule has 0 aliphatic rings. The summed E-state index contributed by atoms with van der Waals surface area (Å²) >= 11 is 0. The predicted octanol–water partition coefficient (Wildman–Crippen LogP) is 3.30. The van der Waals surface area contributed by atoms with Crippen LogP contribution < -0.4 is 4.74 Å². The van der Waals surface area contributed by atoms with Gasteiger partial charge in [-0.1, -0.05) is 29.4 Å². The predicted molar refractivity (Wildman–Crippen MR) is 91.9 cm³/mol. The first-order valence-corrected chi connectivity index (χ1v) is 7.98. The van der Waals surface area contributed by atoms with E-state index in [1.54, 1.807) is 12.1 Å². The van der Waals surface area contributed by atoms with Crippen molar-refractivity contribution < 1.29 is 23.6 Å². The summed E-state index contributed by atoms with van der Waals surface area (Å²) in [5, 5.41) is 3.91. The van der Waals surface area contributed by atoms with Crippen molar-refractivity contribution in [2.45, 2.75) is 13.5 Å².